The number of anilines is 2. The highest BCUT2D eigenvalue weighted by Gasteiger charge is 2.37. The molecule has 3 aromatic rings. The Labute approximate surface area is 197 Å². The molecule has 0 bridgehead atoms. The minimum absolute atomic E-state index is 0.112. The summed E-state index contributed by atoms with van der Waals surface area (Å²) in [7, 11) is 1.78. The molecule has 3 N–H and O–H groups in total. The lowest BCUT2D eigenvalue weighted by molar-refractivity contribution is 0.0848. The van der Waals surface area contributed by atoms with Crippen molar-refractivity contribution in [1.29, 1.82) is 0 Å². The molecule has 8 heteroatoms. The summed E-state index contributed by atoms with van der Waals surface area (Å²) in [5, 5.41) is 3.93. The first-order valence-corrected chi connectivity index (χ1v) is 12.2. The Hall–Kier alpha value is -2.84. The van der Waals surface area contributed by atoms with Crippen LogP contribution in [-0.2, 0) is 11.2 Å². The molecule has 4 atom stereocenters. The number of ether oxygens (including phenoxy) is 2. The summed E-state index contributed by atoms with van der Waals surface area (Å²) < 4.78 is 11.7. The number of fused-ring (bicyclic) bond motifs is 2. The van der Waals surface area contributed by atoms with Crippen LogP contribution < -0.4 is 20.7 Å². The molecule has 2 aliphatic rings. The van der Waals surface area contributed by atoms with E-state index in [0.29, 0.717) is 29.1 Å². The third-order valence-corrected chi connectivity index (χ3v) is 8.20. The fourth-order valence-corrected chi connectivity index (χ4v) is 5.93. The minimum atomic E-state index is -0.174. The first-order chi connectivity index (χ1) is 15.9. The van der Waals surface area contributed by atoms with Crippen molar-refractivity contribution in [3.05, 3.63) is 46.5 Å². The van der Waals surface area contributed by atoms with Crippen LogP contribution in [0, 0.1) is 12.8 Å². The van der Waals surface area contributed by atoms with Crippen LogP contribution in [0.1, 0.15) is 34.8 Å². The van der Waals surface area contributed by atoms with Crippen LogP contribution in [0.25, 0.3) is 10.2 Å². The summed E-state index contributed by atoms with van der Waals surface area (Å²) in [5.41, 5.74) is 9.90. The predicted molar refractivity (Wildman–Crippen MR) is 132 cm³/mol. The number of nitrogen functional groups attached to an aromatic ring is 1. The van der Waals surface area contributed by atoms with E-state index in [9.17, 15) is 4.79 Å². The number of nitrogens with two attached hydrogens (primary N) is 1. The zero-order valence-corrected chi connectivity index (χ0v) is 20.2. The summed E-state index contributed by atoms with van der Waals surface area (Å²) in [6, 6.07) is 10.5. The Morgan fingerprint density at radius 2 is 2.12 bits per heavy atom. The molecule has 7 nitrogen and oxygen atoms in total. The molecule has 2 aliphatic heterocycles. The first kappa shape index (κ1) is 22.0. The summed E-state index contributed by atoms with van der Waals surface area (Å²) in [4.78, 5) is 21.2. The number of aryl methyl sites for hydroxylation is 1. The molecule has 2 aromatic heterocycles. The second-order valence-electron chi connectivity index (χ2n) is 9.15. The van der Waals surface area contributed by atoms with Crippen LogP contribution in [-0.4, -0.2) is 49.3 Å². The number of aromatic nitrogens is 1. The molecule has 0 unspecified atom stereocenters. The SMILES string of the molecule is CO[C@H]1CN(c2ccc3c(c2)OC[C@H](NC(=O)c2sc4nc(C)ccc4c2N)C3)[C@@H](C)[C@@H]1C. The van der Waals surface area contributed by atoms with Gasteiger partial charge in [0.25, 0.3) is 5.91 Å². The normalized spacial score (nSPS) is 24.5. The van der Waals surface area contributed by atoms with Gasteiger partial charge >= 0.3 is 0 Å². The van der Waals surface area contributed by atoms with Gasteiger partial charge in [-0.3, -0.25) is 4.79 Å². The molecule has 1 amide bonds. The van der Waals surface area contributed by atoms with Gasteiger partial charge in [0.2, 0.25) is 0 Å². The van der Waals surface area contributed by atoms with E-state index in [1.165, 1.54) is 11.3 Å². The van der Waals surface area contributed by atoms with Gasteiger partial charge in [-0.05, 0) is 44.0 Å². The molecule has 4 heterocycles. The van der Waals surface area contributed by atoms with Crippen molar-refractivity contribution in [1.82, 2.24) is 10.3 Å². The van der Waals surface area contributed by atoms with Crippen molar-refractivity contribution in [2.45, 2.75) is 45.4 Å². The average Bonchev–Trinajstić information content (AvgIpc) is 3.29. The van der Waals surface area contributed by atoms with Gasteiger partial charge in [-0.2, -0.15) is 0 Å². The van der Waals surface area contributed by atoms with E-state index >= 15 is 0 Å². The van der Waals surface area contributed by atoms with Crippen molar-refractivity contribution in [2.75, 3.05) is 30.9 Å². The summed E-state index contributed by atoms with van der Waals surface area (Å²) in [6.45, 7) is 7.71. The Bertz CT molecular complexity index is 1210. The summed E-state index contributed by atoms with van der Waals surface area (Å²) in [5.74, 6) is 1.18. The molecule has 1 saturated heterocycles. The molecule has 33 heavy (non-hydrogen) atoms. The maximum atomic E-state index is 13.0. The van der Waals surface area contributed by atoms with Crippen molar-refractivity contribution in [3.63, 3.8) is 0 Å². The van der Waals surface area contributed by atoms with Crippen LogP contribution in [0.15, 0.2) is 30.3 Å². The predicted octanol–water partition coefficient (Wildman–Crippen LogP) is 3.78. The Morgan fingerprint density at radius 1 is 1.30 bits per heavy atom. The molecule has 0 radical (unpaired) electrons. The molecule has 174 valence electrons. The average molecular weight is 467 g/mol. The van der Waals surface area contributed by atoms with E-state index in [1.54, 1.807) is 7.11 Å². The number of rotatable bonds is 4. The Morgan fingerprint density at radius 3 is 2.88 bits per heavy atom. The molecular formula is C25H30N4O3S. The molecular weight excluding hydrogens is 436 g/mol. The number of carbonyl (C=O) groups is 1. The molecule has 1 fully saturated rings. The van der Waals surface area contributed by atoms with Gasteiger partial charge in [0.1, 0.15) is 22.1 Å². The fourth-order valence-electron chi connectivity index (χ4n) is 4.89. The van der Waals surface area contributed by atoms with Gasteiger partial charge < -0.3 is 25.4 Å². The minimum Gasteiger partial charge on any atom is -0.491 e. The van der Waals surface area contributed by atoms with Crippen LogP contribution in [0.5, 0.6) is 5.75 Å². The van der Waals surface area contributed by atoms with Gasteiger partial charge in [-0.15, -0.1) is 11.3 Å². The summed E-state index contributed by atoms with van der Waals surface area (Å²) >= 11 is 1.33. The molecule has 1 aromatic carbocycles. The number of thiophene rings is 1. The third-order valence-electron chi connectivity index (χ3n) is 7.08. The maximum absolute atomic E-state index is 13.0. The number of carbonyl (C=O) groups excluding carboxylic acids is 1. The monoisotopic (exact) mass is 466 g/mol. The lowest BCUT2D eigenvalue weighted by Gasteiger charge is -2.29. The third kappa shape index (κ3) is 3.91. The number of benzene rings is 1. The molecule has 0 spiro atoms. The zero-order chi connectivity index (χ0) is 23.3. The van der Waals surface area contributed by atoms with Crippen molar-refractivity contribution in [3.8, 4) is 5.75 Å². The number of pyridine rings is 1. The van der Waals surface area contributed by atoms with E-state index < -0.39 is 0 Å². The van der Waals surface area contributed by atoms with E-state index in [1.807, 2.05) is 19.1 Å². The number of amides is 1. The topological polar surface area (TPSA) is 89.7 Å². The zero-order valence-electron chi connectivity index (χ0n) is 19.4. The van der Waals surface area contributed by atoms with Gasteiger partial charge in [0.15, 0.2) is 0 Å². The number of hydrogen-bond donors (Lipinski definition) is 2. The Balaban J connectivity index is 1.29. The van der Waals surface area contributed by atoms with Crippen molar-refractivity contribution in [2.24, 2.45) is 5.92 Å². The van der Waals surface area contributed by atoms with E-state index in [-0.39, 0.29) is 18.1 Å². The molecule has 0 aliphatic carbocycles. The second-order valence-corrected chi connectivity index (χ2v) is 10.2. The van der Waals surface area contributed by atoms with Crippen LogP contribution in [0.3, 0.4) is 0 Å². The number of nitrogens with zero attached hydrogens (tertiary/aromatic N) is 2. The highest BCUT2D eigenvalue weighted by Crippen LogP contribution is 2.36. The van der Waals surface area contributed by atoms with Crippen LogP contribution in [0.4, 0.5) is 11.4 Å². The summed E-state index contributed by atoms with van der Waals surface area (Å²) in [6.07, 6.45) is 0.952. The largest absolute Gasteiger partial charge is 0.491 e. The van der Waals surface area contributed by atoms with Gasteiger partial charge in [-0.25, -0.2) is 4.98 Å². The van der Waals surface area contributed by atoms with E-state index in [2.05, 4.69) is 47.2 Å². The smallest absolute Gasteiger partial charge is 0.263 e. The lowest BCUT2D eigenvalue weighted by atomic mass is 10.0. The maximum Gasteiger partial charge on any atom is 0.263 e. The van der Waals surface area contributed by atoms with Gasteiger partial charge in [0.05, 0.1) is 17.8 Å². The van der Waals surface area contributed by atoms with Crippen molar-refractivity contribution < 1.29 is 14.3 Å². The van der Waals surface area contributed by atoms with Crippen LogP contribution in [0.2, 0.25) is 0 Å². The number of methoxy groups -OCH3 is 1. The second kappa shape index (κ2) is 8.50. The highest BCUT2D eigenvalue weighted by atomic mass is 32.1. The van der Waals surface area contributed by atoms with Gasteiger partial charge in [-0.1, -0.05) is 13.0 Å². The Kier molecular flexibility index (Phi) is 5.66. The number of hydrogen-bond acceptors (Lipinski definition) is 7. The molecule has 0 saturated carbocycles. The highest BCUT2D eigenvalue weighted by molar-refractivity contribution is 7.21. The van der Waals surface area contributed by atoms with Gasteiger partial charge in [0, 0.05) is 48.4 Å². The fraction of sp³-hybridized carbons (Fsp3) is 0.440. The van der Waals surface area contributed by atoms with E-state index in [0.717, 1.165) is 45.9 Å². The quantitative estimate of drug-likeness (QED) is 0.608. The number of nitrogens with one attached hydrogen (secondary N) is 1. The van der Waals surface area contributed by atoms with Crippen LogP contribution >= 0.6 is 11.3 Å². The van der Waals surface area contributed by atoms with E-state index in [4.69, 9.17) is 15.2 Å². The molecule has 5 rings (SSSR count). The lowest BCUT2D eigenvalue weighted by Crippen LogP contribution is -2.42. The first-order valence-electron chi connectivity index (χ1n) is 11.4. The van der Waals surface area contributed by atoms with Crippen molar-refractivity contribution >= 4 is 38.8 Å². The standard InChI is InChI=1S/C25H30N4O3S/c1-13-5-8-19-22(26)23(33-25(19)27-13)24(30)28-17-9-16-6-7-18(10-20(16)32-12-17)29-11-21(31-4)14(2)15(29)3/h5-8,10,14-15,17,21H,9,11-12,26H2,1-4H3,(H,28,30)/t14-,15-,17+,21-/m0/s1.